The molecule has 6 nitrogen and oxygen atoms in total. The van der Waals surface area contributed by atoms with E-state index in [0.29, 0.717) is 50.5 Å². The van der Waals surface area contributed by atoms with E-state index in [1.165, 1.54) is 11.3 Å². The Balaban J connectivity index is 1.58. The molecule has 0 saturated carbocycles. The normalized spacial score (nSPS) is 17.4. The monoisotopic (exact) mass is 338 g/mol. The summed E-state index contributed by atoms with van der Waals surface area (Å²) in [5.74, 6) is 0.803. The Labute approximate surface area is 137 Å². The quantitative estimate of drug-likeness (QED) is 0.838. The van der Waals surface area contributed by atoms with E-state index in [1.54, 1.807) is 11.1 Å². The van der Waals surface area contributed by atoms with Gasteiger partial charge in [0.25, 0.3) is 5.91 Å². The Bertz CT molecular complexity index is 638. The van der Waals surface area contributed by atoms with Crippen molar-refractivity contribution in [3.63, 3.8) is 0 Å². The molecular weight excluding hydrogens is 319 g/mol. The predicted molar refractivity (Wildman–Crippen MR) is 83.8 cm³/mol. The molecule has 0 radical (unpaired) electrons. The first-order chi connectivity index (χ1) is 11.2. The van der Waals surface area contributed by atoms with Gasteiger partial charge in [0.05, 0.1) is 0 Å². The van der Waals surface area contributed by atoms with Crippen LogP contribution in [0.5, 0.6) is 0 Å². The van der Waals surface area contributed by atoms with E-state index in [4.69, 9.17) is 4.52 Å². The number of hydrogen-bond acceptors (Lipinski definition) is 6. The molecule has 1 fully saturated rings. The highest BCUT2D eigenvalue weighted by molar-refractivity contribution is 7.12. The van der Waals surface area contributed by atoms with Gasteiger partial charge in [-0.25, -0.2) is 9.37 Å². The van der Waals surface area contributed by atoms with Crippen LogP contribution in [0.15, 0.2) is 16.1 Å². The lowest BCUT2D eigenvalue weighted by Gasteiger charge is -2.31. The topological polar surface area (TPSA) is 72.1 Å². The van der Waals surface area contributed by atoms with Crippen molar-refractivity contribution in [2.45, 2.75) is 44.7 Å². The number of carbonyl (C=O) groups excluding carboxylic acids is 1. The number of amides is 1. The number of rotatable bonds is 5. The van der Waals surface area contributed by atoms with E-state index in [-0.39, 0.29) is 11.8 Å². The predicted octanol–water partition coefficient (Wildman–Crippen LogP) is 3.04. The second-order valence-corrected chi connectivity index (χ2v) is 6.54. The number of hydrogen-bond donors (Lipinski definition) is 0. The van der Waals surface area contributed by atoms with Crippen molar-refractivity contribution < 1.29 is 13.7 Å². The van der Waals surface area contributed by atoms with Gasteiger partial charge in [0.15, 0.2) is 11.2 Å². The number of likely N-dealkylation sites (tertiary alicyclic amines) is 1. The van der Waals surface area contributed by atoms with Crippen LogP contribution < -0.4 is 0 Å². The maximum atomic E-state index is 13.7. The van der Waals surface area contributed by atoms with Crippen LogP contribution in [-0.4, -0.2) is 45.2 Å². The largest absolute Gasteiger partial charge is 0.340 e. The zero-order valence-corrected chi connectivity index (χ0v) is 13.8. The van der Waals surface area contributed by atoms with E-state index < -0.39 is 6.17 Å². The zero-order valence-electron chi connectivity index (χ0n) is 12.9. The molecule has 3 rings (SSSR count). The van der Waals surface area contributed by atoms with Gasteiger partial charge in [0.1, 0.15) is 0 Å². The summed E-state index contributed by atoms with van der Waals surface area (Å²) in [6.07, 6.45) is 2.71. The lowest BCUT2D eigenvalue weighted by atomic mass is 9.96. The molecule has 2 aromatic heterocycles. The highest BCUT2D eigenvalue weighted by Crippen LogP contribution is 2.29. The molecule has 0 bridgehead atoms. The van der Waals surface area contributed by atoms with E-state index in [0.717, 1.165) is 5.01 Å². The Kier molecular flexibility index (Phi) is 5.00. The van der Waals surface area contributed by atoms with Crippen molar-refractivity contribution in [3.05, 3.63) is 17.5 Å². The number of alkyl halides is 1. The second kappa shape index (κ2) is 7.16. The summed E-state index contributed by atoms with van der Waals surface area (Å²) >= 11 is 1.46. The van der Waals surface area contributed by atoms with Crippen molar-refractivity contribution in [1.29, 1.82) is 0 Å². The number of piperidine rings is 1. The van der Waals surface area contributed by atoms with Crippen molar-refractivity contribution in [2.24, 2.45) is 0 Å². The van der Waals surface area contributed by atoms with Crippen LogP contribution in [0.3, 0.4) is 0 Å². The van der Waals surface area contributed by atoms with Crippen molar-refractivity contribution in [1.82, 2.24) is 20.0 Å². The van der Waals surface area contributed by atoms with Crippen LogP contribution in [0.25, 0.3) is 10.8 Å². The van der Waals surface area contributed by atoms with Crippen LogP contribution >= 0.6 is 11.3 Å². The third-order valence-corrected chi connectivity index (χ3v) is 4.80. The highest BCUT2D eigenvalue weighted by Gasteiger charge is 2.30. The first kappa shape index (κ1) is 16.0. The highest BCUT2D eigenvalue weighted by atomic mass is 32.1. The minimum absolute atomic E-state index is 0.115. The molecule has 1 saturated heterocycles. The lowest BCUT2D eigenvalue weighted by molar-refractivity contribution is -0.138. The SMILES string of the molecule is CCCC(F)C(=O)N1CCC(c2nc(-c3nccs3)no2)CC1. The molecular formula is C15H19FN4O2S. The molecule has 1 aliphatic heterocycles. The molecule has 1 amide bonds. The maximum Gasteiger partial charge on any atom is 0.257 e. The summed E-state index contributed by atoms with van der Waals surface area (Å²) in [6.45, 7) is 2.94. The fraction of sp³-hybridized carbons (Fsp3) is 0.600. The summed E-state index contributed by atoms with van der Waals surface area (Å²) in [5, 5.41) is 6.55. The lowest BCUT2D eigenvalue weighted by Crippen LogP contribution is -2.42. The van der Waals surface area contributed by atoms with Crippen LogP contribution in [-0.2, 0) is 4.79 Å². The molecule has 0 aliphatic carbocycles. The van der Waals surface area contributed by atoms with Gasteiger partial charge in [-0.2, -0.15) is 4.98 Å². The van der Waals surface area contributed by atoms with Crippen molar-refractivity contribution in [2.75, 3.05) is 13.1 Å². The van der Waals surface area contributed by atoms with Gasteiger partial charge < -0.3 is 9.42 Å². The van der Waals surface area contributed by atoms with Crippen LogP contribution in [0.1, 0.15) is 44.4 Å². The first-order valence-corrected chi connectivity index (χ1v) is 8.73. The van der Waals surface area contributed by atoms with Crippen molar-refractivity contribution in [3.8, 4) is 10.8 Å². The van der Waals surface area contributed by atoms with E-state index in [9.17, 15) is 9.18 Å². The van der Waals surface area contributed by atoms with E-state index >= 15 is 0 Å². The molecule has 0 spiro atoms. The van der Waals surface area contributed by atoms with Crippen LogP contribution in [0.2, 0.25) is 0 Å². The Morgan fingerprint density at radius 3 is 2.96 bits per heavy atom. The Morgan fingerprint density at radius 2 is 2.30 bits per heavy atom. The summed E-state index contributed by atoms with van der Waals surface area (Å²) in [4.78, 5) is 22.1. The minimum Gasteiger partial charge on any atom is -0.340 e. The smallest absolute Gasteiger partial charge is 0.257 e. The second-order valence-electron chi connectivity index (χ2n) is 5.65. The van der Waals surface area contributed by atoms with Gasteiger partial charge in [-0.15, -0.1) is 11.3 Å². The summed E-state index contributed by atoms with van der Waals surface area (Å²) in [5.41, 5.74) is 0. The first-order valence-electron chi connectivity index (χ1n) is 7.85. The number of nitrogens with zero attached hydrogens (tertiary/aromatic N) is 4. The summed E-state index contributed by atoms with van der Waals surface area (Å²) in [7, 11) is 0. The average Bonchev–Trinajstić information content (AvgIpc) is 3.25. The molecule has 23 heavy (non-hydrogen) atoms. The summed E-state index contributed by atoms with van der Waals surface area (Å²) < 4.78 is 19.1. The number of carbonyl (C=O) groups is 1. The van der Waals surface area contributed by atoms with Gasteiger partial charge in [-0.3, -0.25) is 4.79 Å². The number of halogens is 1. The number of aromatic nitrogens is 3. The molecule has 2 aromatic rings. The Morgan fingerprint density at radius 1 is 1.52 bits per heavy atom. The fourth-order valence-electron chi connectivity index (χ4n) is 2.74. The molecule has 8 heteroatoms. The molecule has 3 heterocycles. The molecule has 0 aromatic carbocycles. The Hall–Kier alpha value is -1.83. The minimum atomic E-state index is -1.38. The summed E-state index contributed by atoms with van der Waals surface area (Å²) in [6, 6.07) is 0. The third-order valence-electron chi connectivity index (χ3n) is 4.03. The van der Waals surface area contributed by atoms with E-state index in [2.05, 4.69) is 15.1 Å². The zero-order chi connectivity index (χ0) is 16.2. The molecule has 1 unspecified atom stereocenters. The maximum absolute atomic E-state index is 13.7. The van der Waals surface area contributed by atoms with Crippen molar-refractivity contribution >= 4 is 17.2 Å². The molecule has 1 aliphatic rings. The third kappa shape index (κ3) is 3.57. The van der Waals surface area contributed by atoms with Gasteiger partial charge in [0.2, 0.25) is 11.7 Å². The molecule has 124 valence electrons. The average molecular weight is 338 g/mol. The van der Waals surface area contributed by atoms with Gasteiger partial charge in [-0.05, 0) is 19.3 Å². The standard InChI is InChI=1S/C15H19FN4O2S/c1-2-3-11(16)15(21)20-7-4-10(5-8-20)13-18-12(19-22-13)14-17-6-9-23-14/h6,9-11H,2-5,7-8H2,1H3. The molecule has 1 atom stereocenters. The van der Waals surface area contributed by atoms with Crippen LogP contribution in [0, 0.1) is 0 Å². The van der Waals surface area contributed by atoms with Crippen LogP contribution in [0.4, 0.5) is 4.39 Å². The molecule has 0 N–H and O–H groups in total. The van der Waals surface area contributed by atoms with Gasteiger partial charge in [-0.1, -0.05) is 18.5 Å². The fourth-order valence-corrected chi connectivity index (χ4v) is 3.30. The van der Waals surface area contributed by atoms with Gasteiger partial charge >= 0.3 is 0 Å². The number of thiazole rings is 1. The van der Waals surface area contributed by atoms with E-state index in [1.807, 2.05) is 12.3 Å². The van der Waals surface area contributed by atoms with Gasteiger partial charge in [0, 0.05) is 30.6 Å².